The number of hydrogen-bond donors (Lipinski definition) is 1. The van der Waals surface area contributed by atoms with Crippen LogP contribution in [0.4, 0.5) is 13.2 Å². The van der Waals surface area contributed by atoms with Crippen LogP contribution in [-0.4, -0.2) is 18.1 Å². The number of rotatable bonds is 2. The summed E-state index contributed by atoms with van der Waals surface area (Å²) >= 11 is 0. The van der Waals surface area contributed by atoms with Gasteiger partial charge in [0.25, 0.3) is 0 Å². The quantitative estimate of drug-likeness (QED) is 0.608. The van der Waals surface area contributed by atoms with Crippen LogP contribution < -0.4 is 0 Å². The van der Waals surface area contributed by atoms with Crippen LogP contribution in [0.5, 0.6) is 0 Å². The van der Waals surface area contributed by atoms with E-state index >= 15 is 0 Å². The fraction of sp³-hybridized carbons (Fsp3) is 0.143. The molecule has 1 aromatic rings. The predicted octanol–water partition coefficient (Wildman–Crippen LogP) is 0.640. The second-order valence-electron chi connectivity index (χ2n) is 2.63. The molecule has 15 heavy (non-hydrogen) atoms. The van der Waals surface area contributed by atoms with Crippen molar-refractivity contribution in [2.75, 3.05) is 0 Å². The van der Waals surface area contributed by atoms with Gasteiger partial charge in [0.15, 0.2) is 17.1 Å². The van der Waals surface area contributed by atoms with Gasteiger partial charge in [0.1, 0.15) is 15.9 Å². The van der Waals surface area contributed by atoms with Crippen molar-refractivity contribution < 1.29 is 31.2 Å². The molecule has 0 amide bonds. The van der Waals surface area contributed by atoms with E-state index in [1.165, 1.54) is 0 Å². The molecule has 0 fully saturated rings. The zero-order chi connectivity index (χ0) is 11.8. The minimum atomic E-state index is -5.23. The van der Waals surface area contributed by atoms with E-state index in [4.69, 9.17) is 5.11 Å². The summed E-state index contributed by atoms with van der Waals surface area (Å²) < 4.78 is 68.7. The van der Waals surface area contributed by atoms with Gasteiger partial charge < -0.3 is 9.66 Å². The second kappa shape index (κ2) is 3.80. The van der Waals surface area contributed by atoms with Gasteiger partial charge in [-0.1, -0.05) is 0 Å². The van der Waals surface area contributed by atoms with Crippen LogP contribution in [0.3, 0.4) is 0 Å². The fourth-order valence-corrected chi connectivity index (χ4v) is 1.37. The van der Waals surface area contributed by atoms with Crippen LogP contribution in [0.15, 0.2) is 12.1 Å². The molecule has 0 radical (unpaired) electrons. The van der Waals surface area contributed by atoms with Crippen molar-refractivity contribution >= 4 is 10.1 Å². The highest BCUT2D eigenvalue weighted by molar-refractivity contribution is 7.85. The van der Waals surface area contributed by atoms with Gasteiger partial charge in [0.2, 0.25) is 0 Å². The lowest BCUT2D eigenvalue weighted by Crippen LogP contribution is -2.14. The van der Waals surface area contributed by atoms with Gasteiger partial charge in [-0.15, -0.1) is 0 Å². The summed E-state index contributed by atoms with van der Waals surface area (Å²) in [7, 11) is -5.23. The van der Waals surface area contributed by atoms with E-state index in [1.807, 2.05) is 0 Å². The Kier molecular flexibility index (Phi) is 3.03. The molecule has 0 heterocycles. The monoisotopic (exact) mass is 241 g/mol. The number of benzene rings is 1. The van der Waals surface area contributed by atoms with E-state index in [0.717, 1.165) is 0 Å². The predicted molar refractivity (Wildman–Crippen MR) is 41.0 cm³/mol. The SMILES string of the molecule is O=S(=O)([O-])C(O)c1cc(F)c(F)cc1F. The van der Waals surface area contributed by atoms with Crippen LogP contribution >= 0.6 is 0 Å². The Morgan fingerprint density at radius 2 is 1.60 bits per heavy atom. The molecule has 0 aliphatic heterocycles. The Morgan fingerprint density at radius 3 is 2.07 bits per heavy atom. The van der Waals surface area contributed by atoms with Crippen LogP contribution in [0.1, 0.15) is 11.0 Å². The molecule has 0 aliphatic rings. The summed E-state index contributed by atoms with van der Waals surface area (Å²) in [6, 6.07) is 0.157. The van der Waals surface area contributed by atoms with Crippen LogP contribution in [0, 0.1) is 17.5 Å². The molecule has 0 aliphatic carbocycles. The first-order chi connectivity index (χ1) is 6.73. The molecule has 0 spiro atoms. The normalized spacial score (nSPS) is 13.9. The zero-order valence-electron chi connectivity index (χ0n) is 6.95. The standard InChI is InChI=1S/C7H5F3O4S/c8-4-2-6(10)5(9)1-3(4)7(11)15(12,13)14/h1-2,7,11H,(H,12,13,14)/p-1. The van der Waals surface area contributed by atoms with Crippen molar-refractivity contribution in [2.24, 2.45) is 0 Å². The summed E-state index contributed by atoms with van der Waals surface area (Å²) in [5.41, 5.74) is -3.88. The minimum Gasteiger partial charge on any atom is -0.746 e. The van der Waals surface area contributed by atoms with Gasteiger partial charge >= 0.3 is 0 Å². The summed E-state index contributed by atoms with van der Waals surface area (Å²) in [4.78, 5) is 0. The van der Waals surface area contributed by atoms with E-state index in [2.05, 4.69) is 0 Å². The van der Waals surface area contributed by atoms with E-state index in [1.54, 1.807) is 0 Å². The Balaban J connectivity index is 3.33. The first kappa shape index (κ1) is 12.0. The van der Waals surface area contributed by atoms with Crippen molar-refractivity contribution in [3.8, 4) is 0 Å². The van der Waals surface area contributed by atoms with Crippen molar-refractivity contribution in [3.63, 3.8) is 0 Å². The fourth-order valence-electron chi connectivity index (χ4n) is 0.883. The zero-order valence-corrected chi connectivity index (χ0v) is 7.76. The number of aliphatic hydroxyl groups excluding tert-OH is 1. The highest BCUT2D eigenvalue weighted by Gasteiger charge is 2.21. The maximum absolute atomic E-state index is 12.8. The third kappa shape index (κ3) is 2.46. The molecule has 0 saturated heterocycles. The van der Waals surface area contributed by atoms with Gasteiger partial charge in [-0.2, -0.15) is 0 Å². The first-order valence-corrected chi connectivity index (χ1v) is 4.98. The molecule has 8 heteroatoms. The third-order valence-electron chi connectivity index (χ3n) is 1.58. The number of hydrogen-bond acceptors (Lipinski definition) is 4. The summed E-state index contributed by atoms with van der Waals surface area (Å²) in [5.74, 6) is -4.62. The molecule has 84 valence electrons. The lowest BCUT2D eigenvalue weighted by atomic mass is 10.2. The Labute approximate surface area is 82.7 Å². The Morgan fingerprint density at radius 1 is 1.13 bits per heavy atom. The Hall–Kier alpha value is -1.12. The number of halogens is 3. The van der Waals surface area contributed by atoms with Gasteiger partial charge in [-0.25, -0.2) is 21.6 Å². The molecular formula is C7H4F3O4S-. The lowest BCUT2D eigenvalue weighted by molar-refractivity contribution is 0.230. The molecule has 1 atom stereocenters. The van der Waals surface area contributed by atoms with Gasteiger partial charge in [-0.3, -0.25) is 0 Å². The molecule has 4 nitrogen and oxygen atoms in total. The average molecular weight is 241 g/mol. The second-order valence-corrected chi connectivity index (χ2v) is 4.07. The van der Waals surface area contributed by atoms with Crippen LogP contribution in [0.2, 0.25) is 0 Å². The average Bonchev–Trinajstić information content (AvgIpc) is 2.08. The smallest absolute Gasteiger partial charge is 0.171 e. The molecule has 1 unspecified atom stereocenters. The summed E-state index contributed by atoms with van der Waals surface area (Å²) in [6.07, 6.45) is 0. The molecule has 0 saturated carbocycles. The molecule has 1 N–H and O–H groups in total. The summed E-state index contributed by atoms with van der Waals surface area (Å²) in [6.45, 7) is 0. The largest absolute Gasteiger partial charge is 0.746 e. The van der Waals surface area contributed by atoms with Crippen molar-refractivity contribution in [3.05, 3.63) is 35.1 Å². The van der Waals surface area contributed by atoms with Gasteiger partial charge in [-0.05, 0) is 6.07 Å². The maximum atomic E-state index is 12.8. The number of aliphatic hydroxyl groups is 1. The van der Waals surface area contributed by atoms with Crippen molar-refractivity contribution in [2.45, 2.75) is 5.44 Å². The molecule has 1 aromatic carbocycles. The van der Waals surface area contributed by atoms with E-state index in [-0.39, 0.29) is 12.1 Å². The van der Waals surface area contributed by atoms with Crippen LogP contribution in [0.25, 0.3) is 0 Å². The lowest BCUT2D eigenvalue weighted by Gasteiger charge is -2.15. The summed E-state index contributed by atoms with van der Waals surface area (Å²) in [5, 5.41) is 8.82. The molecular weight excluding hydrogens is 237 g/mol. The maximum Gasteiger partial charge on any atom is 0.171 e. The Bertz CT molecular complexity index is 485. The molecule has 1 rings (SSSR count). The van der Waals surface area contributed by atoms with Gasteiger partial charge in [0.05, 0.1) is 0 Å². The highest BCUT2D eigenvalue weighted by atomic mass is 32.2. The van der Waals surface area contributed by atoms with Crippen molar-refractivity contribution in [1.82, 2.24) is 0 Å². The molecule has 0 aromatic heterocycles. The minimum absolute atomic E-state index is 0.0407. The van der Waals surface area contributed by atoms with E-state index < -0.39 is 38.6 Å². The third-order valence-corrected chi connectivity index (χ3v) is 2.38. The van der Waals surface area contributed by atoms with E-state index in [9.17, 15) is 26.1 Å². The van der Waals surface area contributed by atoms with Gasteiger partial charge in [0, 0.05) is 11.6 Å². The van der Waals surface area contributed by atoms with E-state index in [0.29, 0.717) is 0 Å². The first-order valence-electron chi connectivity index (χ1n) is 3.50. The topological polar surface area (TPSA) is 77.4 Å². The molecule has 0 bridgehead atoms. The highest BCUT2D eigenvalue weighted by Crippen LogP contribution is 2.23. The van der Waals surface area contributed by atoms with Crippen LogP contribution in [-0.2, 0) is 10.1 Å². The van der Waals surface area contributed by atoms with Crippen molar-refractivity contribution in [1.29, 1.82) is 0 Å².